The molecule has 7 nitrogen and oxygen atoms in total. The molecule has 0 fully saturated rings. The van der Waals surface area contributed by atoms with Crippen LogP contribution in [0.3, 0.4) is 0 Å². The molecular weight excluding hydrogens is 432 g/mol. The van der Waals surface area contributed by atoms with Gasteiger partial charge >= 0.3 is 12.1 Å². The molecule has 2 amide bonds. The number of alkyl carbamates (subject to hydrolysis) is 1. The minimum Gasteiger partial charge on any atom is -0.480 e. The Labute approximate surface area is 200 Å². The number of unbranched alkanes of at least 4 members (excludes halogenated alkanes) is 1. The van der Waals surface area contributed by atoms with E-state index in [2.05, 4.69) is 22.8 Å². The van der Waals surface area contributed by atoms with Crippen LogP contribution in [0.15, 0.2) is 48.5 Å². The van der Waals surface area contributed by atoms with Gasteiger partial charge in [0.25, 0.3) is 0 Å². The molecule has 3 rings (SSSR count). The van der Waals surface area contributed by atoms with Crippen molar-refractivity contribution in [3.05, 3.63) is 59.7 Å². The van der Waals surface area contributed by atoms with E-state index in [0.717, 1.165) is 28.7 Å². The second kappa shape index (κ2) is 11.7. The number of fused-ring (bicyclic) bond motifs is 3. The molecule has 7 heteroatoms. The number of carbonyl (C=O) groups is 3. The van der Waals surface area contributed by atoms with Gasteiger partial charge in [0.1, 0.15) is 18.7 Å². The van der Waals surface area contributed by atoms with Crippen molar-refractivity contribution in [2.45, 2.75) is 64.5 Å². The number of rotatable bonds is 11. The fourth-order valence-electron chi connectivity index (χ4n) is 4.40. The quantitative estimate of drug-likeness (QED) is 0.445. The van der Waals surface area contributed by atoms with Gasteiger partial charge < -0.3 is 20.5 Å². The summed E-state index contributed by atoms with van der Waals surface area (Å²) in [6.45, 7) is 5.86. The average Bonchev–Trinajstić information content (AvgIpc) is 3.16. The summed E-state index contributed by atoms with van der Waals surface area (Å²) in [6.07, 6.45) is 1.80. The molecule has 0 aliphatic heterocycles. The van der Waals surface area contributed by atoms with Crippen molar-refractivity contribution in [1.29, 1.82) is 0 Å². The lowest BCUT2D eigenvalue weighted by atomic mass is 9.97. The standard InChI is InChI=1S/C27H34N2O5/c1-4-6-15-23(26(31)32)28-25(30)24(17(3)5-2)29-27(33)34-16-22-20-13-9-7-11-18(20)19-12-8-10-14-21(19)22/h7-14,17,22-24H,4-6,15-16H2,1-3H3,(H,28,30)(H,29,33)(H,31,32)/t17-,23-,24-/m0/s1. The van der Waals surface area contributed by atoms with Crippen LogP contribution >= 0.6 is 0 Å². The molecule has 0 saturated heterocycles. The summed E-state index contributed by atoms with van der Waals surface area (Å²) in [7, 11) is 0. The van der Waals surface area contributed by atoms with Crippen LogP contribution in [0.4, 0.5) is 4.79 Å². The highest BCUT2D eigenvalue weighted by atomic mass is 16.5. The highest BCUT2D eigenvalue weighted by molar-refractivity contribution is 5.89. The lowest BCUT2D eigenvalue weighted by Gasteiger charge is -2.25. The predicted octanol–water partition coefficient (Wildman–Crippen LogP) is 4.70. The van der Waals surface area contributed by atoms with Crippen LogP contribution in [0.25, 0.3) is 11.1 Å². The highest BCUT2D eigenvalue weighted by Crippen LogP contribution is 2.44. The third-order valence-electron chi connectivity index (χ3n) is 6.57. The Morgan fingerprint density at radius 2 is 1.56 bits per heavy atom. The molecule has 0 saturated carbocycles. The zero-order valence-electron chi connectivity index (χ0n) is 20.0. The van der Waals surface area contributed by atoms with E-state index in [-0.39, 0.29) is 18.4 Å². The molecule has 0 heterocycles. The van der Waals surface area contributed by atoms with Gasteiger partial charge in [-0.15, -0.1) is 0 Å². The fraction of sp³-hybridized carbons (Fsp3) is 0.444. The van der Waals surface area contributed by atoms with Crippen molar-refractivity contribution >= 4 is 18.0 Å². The molecule has 3 atom stereocenters. The molecule has 0 bridgehead atoms. The number of carboxylic acids is 1. The van der Waals surface area contributed by atoms with Gasteiger partial charge in [-0.25, -0.2) is 9.59 Å². The summed E-state index contributed by atoms with van der Waals surface area (Å²) in [5.74, 6) is -1.86. The van der Waals surface area contributed by atoms with E-state index in [1.165, 1.54) is 0 Å². The number of benzene rings is 2. The number of hydrogen-bond acceptors (Lipinski definition) is 4. The van der Waals surface area contributed by atoms with Crippen molar-refractivity contribution in [1.82, 2.24) is 10.6 Å². The molecule has 3 N–H and O–H groups in total. The van der Waals surface area contributed by atoms with Gasteiger partial charge in [-0.05, 0) is 34.6 Å². The van der Waals surface area contributed by atoms with Crippen molar-refractivity contribution in [3.8, 4) is 11.1 Å². The first kappa shape index (κ1) is 25.3. The van der Waals surface area contributed by atoms with Gasteiger partial charge in [0.2, 0.25) is 5.91 Å². The smallest absolute Gasteiger partial charge is 0.407 e. The second-order valence-electron chi connectivity index (χ2n) is 8.87. The van der Waals surface area contributed by atoms with Crippen LogP contribution in [-0.4, -0.2) is 41.8 Å². The second-order valence-corrected chi connectivity index (χ2v) is 8.87. The molecule has 0 radical (unpaired) electrons. The molecule has 0 aromatic heterocycles. The first-order valence-electron chi connectivity index (χ1n) is 12.0. The number of nitrogens with one attached hydrogen (secondary N) is 2. The van der Waals surface area contributed by atoms with Crippen LogP contribution in [0, 0.1) is 5.92 Å². The molecule has 1 aliphatic carbocycles. The number of aliphatic carboxylic acids is 1. The maximum absolute atomic E-state index is 12.9. The van der Waals surface area contributed by atoms with E-state index in [1.807, 2.05) is 57.2 Å². The molecule has 2 aromatic rings. The average molecular weight is 467 g/mol. The van der Waals surface area contributed by atoms with Crippen LogP contribution in [0.1, 0.15) is 63.5 Å². The molecule has 0 unspecified atom stereocenters. The van der Waals surface area contributed by atoms with Gasteiger partial charge in [-0.1, -0.05) is 88.6 Å². The first-order valence-corrected chi connectivity index (χ1v) is 12.0. The fourth-order valence-corrected chi connectivity index (χ4v) is 4.40. The number of carboxylic acid groups (broad SMARTS) is 1. The predicted molar refractivity (Wildman–Crippen MR) is 131 cm³/mol. The number of ether oxygens (including phenoxy) is 1. The van der Waals surface area contributed by atoms with E-state index >= 15 is 0 Å². The summed E-state index contributed by atoms with van der Waals surface area (Å²) in [6, 6.07) is 14.3. The maximum atomic E-state index is 12.9. The summed E-state index contributed by atoms with van der Waals surface area (Å²) < 4.78 is 5.59. The third-order valence-corrected chi connectivity index (χ3v) is 6.57. The zero-order valence-corrected chi connectivity index (χ0v) is 20.0. The third kappa shape index (κ3) is 5.76. The van der Waals surface area contributed by atoms with Crippen LogP contribution in [-0.2, 0) is 14.3 Å². The largest absolute Gasteiger partial charge is 0.480 e. The monoisotopic (exact) mass is 466 g/mol. The van der Waals surface area contributed by atoms with Gasteiger partial charge in [-0.2, -0.15) is 0 Å². The Morgan fingerprint density at radius 1 is 0.971 bits per heavy atom. The van der Waals surface area contributed by atoms with E-state index in [1.54, 1.807) is 0 Å². The van der Waals surface area contributed by atoms with Gasteiger partial charge in [0, 0.05) is 5.92 Å². The summed E-state index contributed by atoms with van der Waals surface area (Å²) in [5.41, 5.74) is 4.48. The summed E-state index contributed by atoms with van der Waals surface area (Å²) >= 11 is 0. The van der Waals surface area contributed by atoms with Crippen molar-refractivity contribution in [2.24, 2.45) is 5.92 Å². The molecule has 2 aromatic carbocycles. The van der Waals surface area contributed by atoms with Gasteiger partial charge in [0.15, 0.2) is 0 Å². The van der Waals surface area contributed by atoms with Gasteiger partial charge in [0.05, 0.1) is 0 Å². The Kier molecular flexibility index (Phi) is 8.68. The maximum Gasteiger partial charge on any atom is 0.407 e. The Hall–Kier alpha value is -3.35. The Bertz CT molecular complexity index is 976. The lowest BCUT2D eigenvalue weighted by molar-refractivity contribution is -0.142. The minimum absolute atomic E-state index is 0.0838. The SMILES string of the molecule is CCCC[C@H](NC(=O)[C@@H](NC(=O)OCC1c2ccccc2-c2ccccc21)[C@@H](C)CC)C(=O)O. The van der Waals surface area contributed by atoms with Crippen molar-refractivity contribution in [3.63, 3.8) is 0 Å². The first-order chi connectivity index (χ1) is 16.4. The topological polar surface area (TPSA) is 105 Å². The van der Waals surface area contributed by atoms with Crippen molar-refractivity contribution < 1.29 is 24.2 Å². The van der Waals surface area contributed by atoms with Gasteiger partial charge in [-0.3, -0.25) is 4.79 Å². The van der Waals surface area contributed by atoms with E-state index in [9.17, 15) is 19.5 Å². The molecule has 34 heavy (non-hydrogen) atoms. The molecular formula is C27H34N2O5. The Morgan fingerprint density at radius 3 is 2.09 bits per heavy atom. The van der Waals surface area contributed by atoms with E-state index in [0.29, 0.717) is 19.3 Å². The van der Waals surface area contributed by atoms with Crippen LogP contribution in [0.5, 0.6) is 0 Å². The van der Waals surface area contributed by atoms with Crippen molar-refractivity contribution in [2.75, 3.05) is 6.61 Å². The number of carbonyl (C=O) groups excluding carboxylic acids is 2. The number of amides is 2. The van der Waals surface area contributed by atoms with Crippen LogP contribution < -0.4 is 10.6 Å². The van der Waals surface area contributed by atoms with E-state index < -0.39 is 30.1 Å². The summed E-state index contributed by atoms with van der Waals surface area (Å²) in [4.78, 5) is 37.2. The minimum atomic E-state index is -1.08. The normalized spacial score (nSPS) is 14.9. The van der Waals surface area contributed by atoms with E-state index in [4.69, 9.17) is 4.74 Å². The molecule has 182 valence electrons. The zero-order chi connectivity index (χ0) is 24.7. The van der Waals surface area contributed by atoms with Crippen LogP contribution in [0.2, 0.25) is 0 Å². The number of hydrogen-bond donors (Lipinski definition) is 3. The lowest BCUT2D eigenvalue weighted by Crippen LogP contribution is -2.54. The molecule has 0 spiro atoms. The molecule has 1 aliphatic rings. The highest BCUT2D eigenvalue weighted by Gasteiger charge is 2.32. The summed E-state index contributed by atoms with van der Waals surface area (Å²) in [5, 5.41) is 14.7. The Balaban J connectivity index is 1.66.